The summed E-state index contributed by atoms with van der Waals surface area (Å²) < 4.78 is 11.5. The Morgan fingerprint density at radius 3 is 2.23 bits per heavy atom. The first-order chi connectivity index (χ1) is 18.0. The molecule has 10 atom stereocenters. The van der Waals surface area contributed by atoms with Crippen LogP contribution in [0.3, 0.4) is 0 Å². The number of fused-ring (bicyclic) bond motifs is 5. The van der Waals surface area contributed by atoms with Crippen molar-refractivity contribution in [1.82, 2.24) is 0 Å². The van der Waals surface area contributed by atoms with E-state index in [1.54, 1.807) is 0 Å². The lowest BCUT2D eigenvalue weighted by Gasteiger charge is -2.66. The summed E-state index contributed by atoms with van der Waals surface area (Å²) in [6.45, 7) is 21.6. The van der Waals surface area contributed by atoms with Crippen molar-refractivity contribution in [1.29, 1.82) is 0 Å². The summed E-state index contributed by atoms with van der Waals surface area (Å²) in [6, 6.07) is 0. The predicted octanol–water partition coefficient (Wildman–Crippen LogP) is 7.50. The predicted molar refractivity (Wildman–Crippen MR) is 155 cm³/mol. The van der Waals surface area contributed by atoms with Gasteiger partial charge in [0.2, 0.25) is 0 Å². The molecule has 4 aliphatic rings. The maximum Gasteiger partial charge on any atom is 0.302 e. The minimum Gasteiger partial charge on any atom is -0.462 e. The molecular formula is C34H56O5. The smallest absolute Gasteiger partial charge is 0.302 e. The maximum absolute atomic E-state index is 12.0. The van der Waals surface area contributed by atoms with Crippen LogP contribution in [0.1, 0.15) is 121 Å². The number of aliphatic hydroxyl groups excluding tert-OH is 1. The van der Waals surface area contributed by atoms with Crippen molar-refractivity contribution < 1.29 is 24.2 Å². The molecule has 0 spiro atoms. The molecule has 4 aliphatic carbocycles. The van der Waals surface area contributed by atoms with E-state index in [1.807, 2.05) is 0 Å². The van der Waals surface area contributed by atoms with Gasteiger partial charge in [0.25, 0.3) is 0 Å². The topological polar surface area (TPSA) is 72.8 Å². The molecule has 222 valence electrons. The third-order valence-electron chi connectivity index (χ3n) is 12.7. The summed E-state index contributed by atoms with van der Waals surface area (Å²) in [5.74, 6) is 1.67. The van der Waals surface area contributed by atoms with E-state index in [0.717, 1.165) is 38.5 Å². The number of esters is 2. The zero-order chi connectivity index (χ0) is 29.1. The third kappa shape index (κ3) is 4.91. The van der Waals surface area contributed by atoms with Gasteiger partial charge in [0, 0.05) is 19.3 Å². The van der Waals surface area contributed by atoms with Gasteiger partial charge in [-0.15, -0.1) is 0 Å². The van der Waals surface area contributed by atoms with Crippen molar-refractivity contribution in [3.8, 4) is 0 Å². The second-order valence-electron chi connectivity index (χ2n) is 15.5. The van der Waals surface area contributed by atoms with E-state index in [4.69, 9.17) is 9.47 Å². The van der Waals surface area contributed by atoms with Gasteiger partial charge in [-0.3, -0.25) is 9.59 Å². The number of ether oxygens (including phenoxy) is 2. The fourth-order valence-corrected chi connectivity index (χ4v) is 10.6. The van der Waals surface area contributed by atoms with Gasteiger partial charge in [-0.1, -0.05) is 67.0 Å². The Bertz CT molecular complexity index is 982. The summed E-state index contributed by atoms with van der Waals surface area (Å²) in [5, 5.41) is 12.0. The first-order valence-corrected chi connectivity index (χ1v) is 15.7. The van der Waals surface area contributed by atoms with E-state index in [1.165, 1.54) is 32.3 Å². The monoisotopic (exact) mass is 544 g/mol. The number of carbonyl (C=O) groups excluding carboxylic acids is 2. The number of rotatable bonds is 7. The highest BCUT2D eigenvalue weighted by molar-refractivity contribution is 5.66. The zero-order valence-corrected chi connectivity index (χ0v) is 26.4. The fraction of sp³-hybridized carbons (Fsp3) is 0.882. The SMILES string of the molecule is CC(=O)OC(CCC(C)C1CCC2(C)C3CC=C4C(C)(C)C(OC(C)=O)CCC4(C)C3C(O)CC12C)C(C)C. The Balaban J connectivity index is 1.59. The molecule has 39 heavy (non-hydrogen) atoms. The molecule has 3 saturated carbocycles. The van der Waals surface area contributed by atoms with Crippen LogP contribution < -0.4 is 0 Å². The van der Waals surface area contributed by atoms with Gasteiger partial charge in [-0.2, -0.15) is 0 Å². The van der Waals surface area contributed by atoms with Crippen LogP contribution in [0.4, 0.5) is 0 Å². The second kappa shape index (κ2) is 10.5. The Morgan fingerprint density at radius 2 is 1.64 bits per heavy atom. The van der Waals surface area contributed by atoms with Crippen LogP contribution in [0, 0.1) is 51.2 Å². The largest absolute Gasteiger partial charge is 0.462 e. The van der Waals surface area contributed by atoms with Crippen molar-refractivity contribution in [3.05, 3.63) is 11.6 Å². The van der Waals surface area contributed by atoms with Gasteiger partial charge in [0.15, 0.2) is 0 Å². The summed E-state index contributed by atoms with van der Waals surface area (Å²) in [6.07, 6.45) is 10.0. The van der Waals surface area contributed by atoms with Crippen LogP contribution >= 0.6 is 0 Å². The van der Waals surface area contributed by atoms with E-state index >= 15 is 0 Å². The fourth-order valence-electron chi connectivity index (χ4n) is 10.6. The van der Waals surface area contributed by atoms with Gasteiger partial charge in [0.1, 0.15) is 12.2 Å². The van der Waals surface area contributed by atoms with Gasteiger partial charge >= 0.3 is 11.9 Å². The highest BCUT2D eigenvalue weighted by atomic mass is 16.5. The molecule has 0 aromatic rings. The Morgan fingerprint density at radius 1 is 0.974 bits per heavy atom. The quantitative estimate of drug-likeness (QED) is 0.265. The Hall–Kier alpha value is -1.36. The number of hydrogen-bond acceptors (Lipinski definition) is 5. The number of aliphatic hydroxyl groups is 1. The lowest BCUT2D eigenvalue weighted by molar-refractivity contribution is -0.182. The molecule has 0 aromatic carbocycles. The summed E-state index contributed by atoms with van der Waals surface area (Å²) >= 11 is 0. The summed E-state index contributed by atoms with van der Waals surface area (Å²) in [7, 11) is 0. The molecule has 10 unspecified atom stereocenters. The summed E-state index contributed by atoms with van der Waals surface area (Å²) in [4.78, 5) is 23.5. The molecule has 0 amide bonds. The van der Waals surface area contributed by atoms with Crippen molar-refractivity contribution in [2.24, 2.45) is 51.2 Å². The first kappa shape index (κ1) is 30.6. The minimum absolute atomic E-state index is 0.0285. The molecular weight excluding hydrogens is 488 g/mol. The number of carbonyl (C=O) groups is 2. The van der Waals surface area contributed by atoms with Crippen LogP contribution in [0.5, 0.6) is 0 Å². The molecule has 5 heteroatoms. The molecule has 0 saturated heterocycles. The van der Waals surface area contributed by atoms with E-state index in [2.05, 4.69) is 61.5 Å². The van der Waals surface area contributed by atoms with Crippen LogP contribution in [0.2, 0.25) is 0 Å². The van der Waals surface area contributed by atoms with Crippen LogP contribution in [-0.4, -0.2) is 35.4 Å². The molecule has 3 fully saturated rings. The average Bonchev–Trinajstić information content (AvgIpc) is 3.08. The Kier molecular flexibility index (Phi) is 8.22. The molecule has 0 aliphatic heterocycles. The van der Waals surface area contributed by atoms with Crippen molar-refractivity contribution >= 4 is 11.9 Å². The van der Waals surface area contributed by atoms with E-state index < -0.39 is 0 Å². The average molecular weight is 545 g/mol. The highest BCUT2D eigenvalue weighted by Gasteiger charge is 2.68. The van der Waals surface area contributed by atoms with Gasteiger partial charge < -0.3 is 14.6 Å². The van der Waals surface area contributed by atoms with Gasteiger partial charge in [-0.05, 0) is 97.2 Å². The molecule has 4 rings (SSSR count). The van der Waals surface area contributed by atoms with Crippen molar-refractivity contribution in [2.45, 2.75) is 139 Å². The molecule has 1 N–H and O–H groups in total. The van der Waals surface area contributed by atoms with Gasteiger partial charge in [0.05, 0.1) is 6.10 Å². The van der Waals surface area contributed by atoms with Crippen molar-refractivity contribution in [3.63, 3.8) is 0 Å². The van der Waals surface area contributed by atoms with E-state index in [-0.39, 0.29) is 57.8 Å². The summed E-state index contributed by atoms with van der Waals surface area (Å²) in [5.41, 5.74) is 1.34. The van der Waals surface area contributed by atoms with Crippen LogP contribution in [-0.2, 0) is 19.1 Å². The molecule has 0 aromatic heterocycles. The second-order valence-corrected chi connectivity index (χ2v) is 15.5. The van der Waals surface area contributed by atoms with Crippen molar-refractivity contribution in [2.75, 3.05) is 0 Å². The number of allylic oxidation sites excluding steroid dienone is 1. The highest BCUT2D eigenvalue weighted by Crippen LogP contribution is 2.73. The van der Waals surface area contributed by atoms with E-state index in [9.17, 15) is 14.7 Å². The third-order valence-corrected chi connectivity index (χ3v) is 12.7. The van der Waals surface area contributed by atoms with Crippen LogP contribution in [0.25, 0.3) is 0 Å². The van der Waals surface area contributed by atoms with Crippen LogP contribution in [0.15, 0.2) is 11.6 Å². The number of hydrogen-bond donors (Lipinski definition) is 1. The normalized spacial score (nSPS) is 42.5. The lowest BCUT2D eigenvalue weighted by atomic mass is 9.39. The minimum atomic E-state index is -0.333. The molecule has 0 heterocycles. The standard InChI is InChI=1S/C34H56O5/c1-20(2)27(38-22(4)35)13-11-21(3)24-15-18-33(9)25-12-14-28-31(6,7)29(39-23(5)36)16-17-32(28,8)30(25)26(37)19-34(24,33)10/h14,20-21,24-27,29-30,37H,11-13,15-19H2,1-10H3. The zero-order valence-electron chi connectivity index (χ0n) is 26.4. The Labute approximate surface area is 237 Å². The lowest BCUT2D eigenvalue weighted by Crippen LogP contribution is -2.62. The molecule has 0 bridgehead atoms. The molecule has 5 nitrogen and oxygen atoms in total. The molecule has 0 radical (unpaired) electrons. The van der Waals surface area contributed by atoms with Gasteiger partial charge in [-0.25, -0.2) is 0 Å². The van der Waals surface area contributed by atoms with E-state index in [0.29, 0.717) is 23.7 Å². The first-order valence-electron chi connectivity index (χ1n) is 15.7. The maximum atomic E-state index is 12.0.